The molecule has 0 unspecified atom stereocenters. The summed E-state index contributed by atoms with van der Waals surface area (Å²) in [7, 11) is 0. The number of aryl methyl sites for hydroxylation is 1. The maximum absolute atomic E-state index is 12.6. The maximum atomic E-state index is 12.6. The molecule has 1 N–H and O–H groups in total. The molecule has 6 heteroatoms. The van der Waals surface area contributed by atoms with Crippen molar-refractivity contribution in [3.63, 3.8) is 0 Å². The highest BCUT2D eigenvalue weighted by atomic mass is 16.6. The van der Waals surface area contributed by atoms with Gasteiger partial charge >= 0.3 is 0 Å². The number of amides is 1. The van der Waals surface area contributed by atoms with Crippen molar-refractivity contribution < 1.29 is 14.3 Å². The van der Waals surface area contributed by atoms with Gasteiger partial charge < -0.3 is 19.7 Å². The molecule has 154 valence electrons. The Morgan fingerprint density at radius 1 is 1.03 bits per heavy atom. The first-order valence-corrected chi connectivity index (χ1v) is 10.3. The van der Waals surface area contributed by atoms with E-state index in [-0.39, 0.29) is 11.9 Å². The van der Waals surface area contributed by atoms with Crippen LogP contribution in [-0.4, -0.2) is 56.7 Å². The van der Waals surface area contributed by atoms with Crippen LogP contribution in [0.4, 0.5) is 5.69 Å². The van der Waals surface area contributed by atoms with Gasteiger partial charge in [0.25, 0.3) is 0 Å². The molecule has 29 heavy (non-hydrogen) atoms. The molecular weight excluding hydrogens is 366 g/mol. The number of para-hydroxylation sites is 1. The van der Waals surface area contributed by atoms with E-state index < -0.39 is 0 Å². The SMILES string of the molecule is Cc1ccccc1N1CCN(CC(=O)N[C@@H](C)c2ccc3c(c2)OCCO3)CC1. The Bertz CT molecular complexity index is 862. The van der Waals surface area contributed by atoms with E-state index in [0.29, 0.717) is 19.8 Å². The zero-order valence-corrected chi connectivity index (χ0v) is 17.2. The van der Waals surface area contributed by atoms with Crippen LogP contribution in [0, 0.1) is 6.92 Å². The lowest BCUT2D eigenvalue weighted by Crippen LogP contribution is -2.49. The highest BCUT2D eigenvalue weighted by Crippen LogP contribution is 2.32. The lowest BCUT2D eigenvalue weighted by Gasteiger charge is -2.36. The first kappa shape index (κ1) is 19.6. The molecular formula is C23H29N3O3. The molecule has 0 aromatic heterocycles. The minimum absolute atomic E-state index is 0.0525. The molecule has 1 amide bonds. The fourth-order valence-corrected chi connectivity index (χ4v) is 3.97. The van der Waals surface area contributed by atoms with Crippen molar-refractivity contribution in [2.24, 2.45) is 0 Å². The lowest BCUT2D eigenvalue weighted by molar-refractivity contribution is -0.123. The molecule has 0 bridgehead atoms. The van der Waals surface area contributed by atoms with E-state index in [1.165, 1.54) is 11.3 Å². The molecule has 2 aliphatic rings. The zero-order chi connectivity index (χ0) is 20.2. The largest absolute Gasteiger partial charge is 0.486 e. The number of nitrogens with one attached hydrogen (secondary N) is 1. The number of anilines is 1. The third-order valence-electron chi connectivity index (χ3n) is 5.64. The Hall–Kier alpha value is -2.73. The van der Waals surface area contributed by atoms with Gasteiger partial charge in [-0.15, -0.1) is 0 Å². The van der Waals surface area contributed by atoms with Crippen LogP contribution >= 0.6 is 0 Å². The standard InChI is InChI=1S/C23H29N3O3/c1-17-5-3-4-6-20(17)26-11-9-25(10-12-26)16-23(27)24-18(2)19-7-8-21-22(15-19)29-14-13-28-21/h3-8,15,18H,9-14,16H2,1-2H3,(H,24,27)/t18-/m0/s1. The second kappa shape index (κ2) is 8.74. The summed E-state index contributed by atoms with van der Waals surface area (Å²) >= 11 is 0. The van der Waals surface area contributed by atoms with Gasteiger partial charge in [0.15, 0.2) is 11.5 Å². The minimum atomic E-state index is -0.0772. The van der Waals surface area contributed by atoms with Gasteiger partial charge in [-0.05, 0) is 43.2 Å². The fraction of sp³-hybridized carbons (Fsp3) is 0.435. The summed E-state index contributed by atoms with van der Waals surface area (Å²) < 4.78 is 11.2. The van der Waals surface area contributed by atoms with Crippen LogP contribution in [0.15, 0.2) is 42.5 Å². The maximum Gasteiger partial charge on any atom is 0.234 e. The second-order valence-electron chi connectivity index (χ2n) is 7.74. The highest BCUT2D eigenvalue weighted by Gasteiger charge is 2.21. The van der Waals surface area contributed by atoms with Crippen LogP contribution in [0.3, 0.4) is 0 Å². The van der Waals surface area contributed by atoms with Crippen molar-refractivity contribution in [1.29, 1.82) is 0 Å². The van der Waals surface area contributed by atoms with E-state index >= 15 is 0 Å². The van der Waals surface area contributed by atoms with Crippen molar-refractivity contribution in [2.75, 3.05) is 50.8 Å². The van der Waals surface area contributed by atoms with Gasteiger partial charge in [0.2, 0.25) is 5.91 Å². The van der Waals surface area contributed by atoms with Crippen LogP contribution in [0.1, 0.15) is 24.1 Å². The molecule has 0 spiro atoms. The molecule has 0 radical (unpaired) electrons. The number of fused-ring (bicyclic) bond motifs is 1. The number of carbonyl (C=O) groups is 1. The topological polar surface area (TPSA) is 54.0 Å². The predicted octanol–water partition coefficient (Wildman–Crippen LogP) is 2.77. The van der Waals surface area contributed by atoms with Crippen molar-refractivity contribution in [3.8, 4) is 11.5 Å². The number of ether oxygens (including phenoxy) is 2. The summed E-state index contributed by atoms with van der Waals surface area (Å²) in [5.41, 5.74) is 3.61. The second-order valence-corrected chi connectivity index (χ2v) is 7.74. The minimum Gasteiger partial charge on any atom is -0.486 e. The van der Waals surface area contributed by atoms with Crippen LogP contribution in [0.25, 0.3) is 0 Å². The number of nitrogens with zero attached hydrogens (tertiary/aromatic N) is 2. The molecule has 0 aliphatic carbocycles. The Morgan fingerprint density at radius 2 is 1.76 bits per heavy atom. The Kier molecular flexibility index (Phi) is 5.90. The van der Waals surface area contributed by atoms with Crippen molar-refractivity contribution in [2.45, 2.75) is 19.9 Å². The monoisotopic (exact) mass is 395 g/mol. The van der Waals surface area contributed by atoms with Gasteiger partial charge in [0, 0.05) is 31.9 Å². The van der Waals surface area contributed by atoms with E-state index in [0.717, 1.165) is 43.2 Å². The van der Waals surface area contributed by atoms with E-state index in [9.17, 15) is 4.79 Å². The average molecular weight is 396 g/mol. The number of rotatable bonds is 5. The first-order chi connectivity index (χ1) is 14.1. The fourth-order valence-electron chi connectivity index (χ4n) is 3.97. The Morgan fingerprint density at radius 3 is 2.52 bits per heavy atom. The smallest absolute Gasteiger partial charge is 0.234 e. The number of piperazine rings is 1. The zero-order valence-electron chi connectivity index (χ0n) is 17.2. The molecule has 4 rings (SSSR count). The quantitative estimate of drug-likeness (QED) is 0.844. The number of benzene rings is 2. The van der Waals surface area contributed by atoms with Gasteiger partial charge in [0.05, 0.1) is 12.6 Å². The van der Waals surface area contributed by atoms with Gasteiger partial charge in [-0.2, -0.15) is 0 Å². The normalized spacial score (nSPS) is 17.7. The number of hydrogen-bond acceptors (Lipinski definition) is 5. The highest BCUT2D eigenvalue weighted by molar-refractivity contribution is 5.78. The van der Waals surface area contributed by atoms with Crippen molar-refractivity contribution >= 4 is 11.6 Å². The Labute approximate surface area is 172 Å². The van der Waals surface area contributed by atoms with Crippen LogP contribution < -0.4 is 19.7 Å². The van der Waals surface area contributed by atoms with E-state index in [2.05, 4.69) is 46.3 Å². The van der Waals surface area contributed by atoms with E-state index in [1.54, 1.807) is 0 Å². The summed E-state index contributed by atoms with van der Waals surface area (Å²) in [6, 6.07) is 14.3. The van der Waals surface area contributed by atoms with Gasteiger partial charge in [-0.1, -0.05) is 24.3 Å². The van der Waals surface area contributed by atoms with Gasteiger partial charge in [-0.3, -0.25) is 9.69 Å². The van der Waals surface area contributed by atoms with Crippen LogP contribution in [0.2, 0.25) is 0 Å². The van der Waals surface area contributed by atoms with E-state index in [1.807, 2.05) is 25.1 Å². The Balaban J connectivity index is 1.27. The molecule has 1 fully saturated rings. The van der Waals surface area contributed by atoms with Crippen molar-refractivity contribution in [3.05, 3.63) is 53.6 Å². The van der Waals surface area contributed by atoms with E-state index in [4.69, 9.17) is 9.47 Å². The lowest BCUT2D eigenvalue weighted by atomic mass is 10.1. The third-order valence-corrected chi connectivity index (χ3v) is 5.64. The molecule has 1 saturated heterocycles. The molecule has 2 aromatic carbocycles. The van der Waals surface area contributed by atoms with Crippen LogP contribution in [0.5, 0.6) is 11.5 Å². The summed E-state index contributed by atoms with van der Waals surface area (Å²) in [4.78, 5) is 17.2. The first-order valence-electron chi connectivity index (χ1n) is 10.3. The van der Waals surface area contributed by atoms with Gasteiger partial charge in [-0.25, -0.2) is 0 Å². The van der Waals surface area contributed by atoms with Gasteiger partial charge in [0.1, 0.15) is 13.2 Å². The third kappa shape index (κ3) is 4.65. The average Bonchev–Trinajstić information content (AvgIpc) is 2.74. The molecule has 2 aliphatic heterocycles. The molecule has 2 heterocycles. The molecule has 6 nitrogen and oxygen atoms in total. The van der Waals surface area contributed by atoms with Crippen molar-refractivity contribution in [1.82, 2.24) is 10.2 Å². The number of carbonyl (C=O) groups excluding carboxylic acids is 1. The number of hydrogen-bond donors (Lipinski definition) is 1. The summed E-state index contributed by atoms with van der Waals surface area (Å²) in [6.07, 6.45) is 0. The predicted molar refractivity (Wildman–Crippen MR) is 114 cm³/mol. The molecule has 2 aromatic rings. The summed E-state index contributed by atoms with van der Waals surface area (Å²) in [5.74, 6) is 1.57. The summed E-state index contributed by atoms with van der Waals surface area (Å²) in [5, 5.41) is 3.11. The summed E-state index contributed by atoms with van der Waals surface area (Å²) in [6.45, 7) is 9.37. The molecule has 1 atom stereocenters. The molecule has 0 saturated carbocycles. The van der Waals surface area contributed by atoms with Crippen LogP contribution in [-0.2, 0) is 4.79 Å².